The summed E-state index contributed by atoms with van der Waals surface area (Å²) in [5.74, 6) is 6.03. The fraction of sp³-hybridized carbons (Fsp3) is 0.300. The van der Waals surface area contributed by atoms with Gasteiger partial charge >= 0.3 is 0 Å². The number of carbonyl (C=O) groups excluding carboxylic acids is 1. The van der Waals surface area contributed by atoms with E-state index in [-0.39, 0.29) is 5.41 Å². The quantitative estimate of drug-likeness (QED) is 0.473. The van der Waals surface area contributed by atoms with E-state index in [1.54, 1.807) is 11.3 Å². The number of rotatable bonds is 1. The van der Waals surface area contributed by atoms with Gasteiger partial charge in [-0.3, -0.25) is 0 Å². The third kappa shape index (κ3) is 1.41. The zero-order chi connectivity index (χ0) is 8.44. The lowest BCUT2D eigenvalue weighted by Gasteiger charge is -1.89. The van der Waals surface area contributed by atoms with Crippen LogP contribution in [0.1, 0.15) is 17.7 Å². The van der Waals surface area contributed by atoms with Gasteiger partial charge in [0.2, 0.25) is 0 Å². The van der Waals surface area contributed by atoms with Crippen molar-refractivity contribution in [2.24, 2.45) is 5.41 Å². The minimum absolute atomic E-state index is 0.274. The molecule has 0 spiro atoms. The molecule has 0 radical (unpaired) electrons. The van der Waals surface area contributed by atoms with E-state index in [1.807, 2.05) is 17.5 Å². The molecule has 1 aliphatic carbocycles. The van der Waals surface area contributed by atoms with Gasteiger partial charge in [-0.15, -0.1) is 11.3 Å². The maximum atomic E-state index is 10.5. The predicted molar refractivity (Wildman–Crippen MR) is 48.9 cm³/mol. The number of hydrogen-bond donors (Lipinski definition) is 0. The predicted octanol–water partition coefficient (Wildman–Crippen LogP) is 2.08. The van der Waals surface area contributed by atoms with E-state index in [4.69, 9.17) is 0 Å². The fourth-order valence-corrected chi connectivity index (χ4v) is 1.51. The van der Waals surface area contributed by atoms with Crippen molar-refractivity contribution in [3.8, 4) is 11.8 Å². The lowest BCUT2D eigenvalue weighted by Crippen LogP contribution is -1.95. The molecule has 1 nitrogen and oxygen atoms in total. The van der Waals surface area contributed by atoms with E-state index >= 15 is 0 Å². The summed E-state index contributed by atoms with van der Waals surface area (Å²) in [5, 5.41) is 1.99. The lowest BCUT2D eigenvalue weighted by atomic mass is 10.1. The topological polar surface area (TPSA) is 17.1 Å². The average molecular weight is 176 g/mol. The van der Waals surface area contributed by atoms with E-state index in [2.05, 4.69) is 11.8 Å². The van der Waals surface area contributed by atoms with Gasteiger partial charge in [-0.25, -0.2) is 0 Å². The Kier molecular flexibility index (Phi) is 1.74. The maximum absolute atomic E-state index is 10.5. The first kappa shape index (κ1) is 7.57. The molecule has 2 heteroatoms. The first-order valence-corrected chi connectivity index (χ1v) is 4.76. The molecule has 12 heavy (non-hydrogen) atoms. The van der Waals surface area contributed by atoms with Crippen molar-refractivity contribution in [3.05, 3.63) is 22.4 Å². The monoisotopic (exact) mass is 176 g/mol. The Morgan fingerprint density at radius 1 is 1.58 bits per heavy atom. The van der Waals surface area contributed by atoms with Gasteiger partial charge in [-0.2, -0.15) is 0 Å². The zero-order valence-electron chi connectivity index (χ0n) is 6.54. The summed E-state index contributed by atoms with van der Waals surface area (Å²) in [4.78, 5) is 11.6. The van der Waals surface area contributed by atoms with Crippen LogP contribution in [0, 0.1) is 17.3 Å². The van der Waals surface area contributed by atoms with Crippen LogP contribution in [-0.4, -0.2) is 6.29 Å². The first-order chi connectivity index (χ1) is 5.85. The van der Waals surface area contributed by atoms with Crippen LogP contribution in [0.15, 0.2) is 17.5 Å². The van der Waals surface area contributed by atoms with Crippen molar-refractivity contribution in [3.63, 3.8) is 0 Å². The molecule has 0 amide bonds. The Labute approximate surface area is 75.4 Å². The minimum atomic E-state index is -0.274. The Balaban J connectivity index is 2.16. The highest BCUT2D eigenvalue weighted by atomic mass is 32.1. The zero-order valence-corrected chi connectivity index (χ0v) is 7.36. The van der Waals surface area contributed by atoms with Crippen LogP contribution in [0.2, 0.25) is 0 Å². The van der Waals surface area contributed by atoms with Crippen LogP contribution in [0.25, 0.3) is 0 Å². The molecule has 1 aliphatic rings. The molecule has 0 aromatic carbocycles. The summed E-state index contributed by atoms with van der Waals surface area (Å²) < 4.78 is 0. The summed E-state index contributed by atoms with van der Waals surface area (Å²) in [5.41, 5.74) is -0.274. The second-order valence-corrected chi connectivity index (χ2v) is 3.95. The molecule has 1 aromatic heterocycles. The summed E-state index contributed by atoms with van der Waals surface area (Å²) in [6.45, 7) is 0. The number of hydrogen-bond acceptors (Lipinski definition) is 2. The Morgan fingerprint density at radius 2 is 2.42 bits per heavy atom. The number of carbonyl (C=O) groups is 1. The molecular weight excluding hydrogens is 168 g/mol. The molecule has 0 aliphatic heterocycles. The van der Waals surface area contributed by atoms with Crippen LogP contribution in [0.5, 0.6) is 0 Å². The smallest absolute Gasteiger partial charge is 0.138 e. The van der Waals surface area contributed by atoms with Gasteiger partial charge < -0.3 is 4.79 Å². The molecule has 1 saturated carbocycles. The van der Waals surface area contributed by atoms with Crippen LogP contribution >= 0.6 is 11.3 Å². The van der Waals surface area contributed by atoms with Gasteiger partial charge in [-0.05, 0) is 24.3 Å². The molecule has 0 saturated heterocycles. The first-order valence-electron chi connectivity index (χ1n) is 3.88. The minimum Gasteiger partial charge on any atom is -0.302 e. The molecule has 0 bridgehead atoms. The van der Waals surface area contributed by atoms with Crippen LogP contribution in [0.4, 0.5) is 0 Å². The highest BCUT2D eigenvalue weighted by molar-refractivity contribution is 7.10. The second-order valence-electron chi connectivity index (χ2n) is 3.00. The normalized spacial score (nSPS) is 17.7. The molecule has 1 heterocycles. The molecule has 0 atom stereocenters. The van der Waals surface area contributed by atoms with E-state index < -0.39 is 0 Å². The molecule has 2 rings (SSSR count). The Bertz CT molecular complexity index is 336. The Hall–Kier alpha value is -1.07. The van der Waals surface area contributed by atoms with Crippen molar-refractivity contribution in [1.82, 2.24) is 0 Å². The molecule has 1 aromatic rings. The van der Waals surface area contributed by atoms with Crippen molar-refractivity contribution >= 4 is 17.6 Å². The van der Waals surface area contributed by atoms with Crippen LogP contribution in [0.3, 0.4) is 0 Å². The standard InChI is InChI=1S/C10H8OS/c11-8-10(5-6-10)4-3-9-2-1-7-12-9/h1-2,7-8H,5-6H2. The van der Waals surface area contributed by atoms with Crippen LogP contribution < -0.4 is 0 Å². The molecule has 60 valence electrons. The third-order valence-corrected chi connectivity index (χ3v) is 2.76. The molecular formula is C10H8OS. The van der Waals surface area contributed by atoms with Crippen molar-refractivity contribution in [1.29, 1.82) is 0 Å². The number of thiophene rings is 1. The average Bonchev–Trinajstić information content (AvgIpc) is 2.70. The molecule has 0 unspecified atom stereocenters. The van der Waals surface area contributed by atoms with Gasteiger partial charge in [-0.1, -0.05) is 17.9 Å². The highest BCUT2D eigenvalue weighted by Crippen LogP contribution is 2.42. The van der Waals surface area contributed by atoms with Gasteiger partial charge in [0.1, 0.15) is 6.29 Å². The van der Waals surface area contributed by atoms with Crippen molar-refractivity contribution < 1.29 is 4.79 Å². The van der Waals surface area contributed by atoms with Gasteiger partial charge in [0.25, 0.3) is 0 Å². The third-order valence-electron chi connectivity index (χ3n) is 1.97. The summed E-state index contributed by atoms with van der Waals surface area (Å²) in [6, 6.07) is 3.94. The molecule has 1 fully saturated rings. The highest BCUT2D eigenvalue weighted by Gasteiger charge is 2.40. The summed E-state index contributed by atoms with van der Waals surface area (Å²) in [7, 11) is 0. The van der Waals surface area contributed by atoms with Gasteiger partial charge in [0, 0.05) is 0 Å². The summed E-state index contributed by atoms with van der Waals surface area (Å²) in [6.07, 6.45) is 2.86. The second kappa shape index (κ2) is 2.76. The van der Waals surface area contributed by atoms with Crippen LogP contribution in [-0.2, 0) is 4.79 Å². The number of aldehydes is 1. The van der Waals surface area contributed by atoms with Crippen molar-refractivity contribution in [2.75, 3.05) is 0 Å². The summed E-state index contributed by atoms with van der Waals surface area (Å²) >= 11 is 1.61. The van der Waals surface area contributed by atoms with E-state index in [0.717, 1.165) is 24.0 Å². The van der Waals surface area contributed by atoms with E-state index in [9.17, 15) is 4.79 Å². The SMILES string of the molecule is O=CC1(C#Cc2cccs2)CC1. The van der Waals surface area contributed by atoms with E-state index in [0.29, 0.717) is 0 Å². The Morgan fingerprint density at radius 3 is 2.92 bits per heavy atom. The van der Waals surface area contributed by atoms with Gasteiger partial charge in [0.15, 0.2) is 0 Å². The lowest BCUT2D eigenvalue weighted by molar-refractivity contribution is -0.110. The maximum Gasteiger partial charge on any atom is 0.138 e. The van der Waals surface area contributed by atoms with E-state index in [1.165, 1.54) is 0 Å². The van der Waals surface area contributed by atoms with Gasteiger partial charge in [0.05, 0.1) is 10.3 Å². The fourth-order valence-electron chi connectivity index (χ4n) is 0.943. The molecule has 0 N–H and O–H groups in total. The largest absolute Gasteiger partial charge is 0.302 e. The van der Waals surface area contributed by atoms with Crippen molar-refractivity contribution in [2.45, 2.75) is 12.8 Å².